The van der Waals surface area contributed by atoms with Crippen molar-refractivity contribution in [3.8, 4) is 0 Å². The van der Waals surface area contributed by atoms with Gasteiger partial charge in [-0.25, -0.2) is 0 Å². The van der Waals surface area contributed by atoms with Crippen LogP contribution in [0.25, 0.3) is 0 Å². The van der Waals surface area contributed by atoms with Crippen LogP contribution < -0.4 is 11.1 Å². The maximum Gasteiger partial charge on any atom is 0.100 e. The number of hydrogen-bond donors (Lipinski definition) is 2. The maximum atomic E-state index is 5.50. The van der Waals surface area contributed by atoms with Crippen LogP contribution in [0.5, 0.6) is 0 Å². The van der Waals surface area contributed by atoms with E-state index in [1.807, 2.05) is 0 Å². The molecule has 134 valence electrons. The molecule has 0 atom stereocenters. The summed E-state index contributed by atoms with van der Waals surface area (Å²) in [5.41, 5.74) is 5.50. The molecule has 0 unspecified atom stereocenters. The lowest BCUT2D eigenvalue weighted by Crippen LogP contribution is -2.17. The zero-order valence-corrected chi connectivity index (χ0v) is 15.2. The Labute approximate surface area is 144 Å². The molecule has 0 amide bonds. The maximum absolute atomic E-state index is 5.50. The van der Waals surface area contributed by atoms with Crippen LogP contribution in [0.2, 0.25) is 0 Å². The number of aliphatic imine (C=N–C) groups is 1. The molecular weight excluding hydrogens is 282 g/mol. The average Bonchev–Trinajstić information content (AvgIpc) is 3.08. The summed E-state index contributed by atoms with van der Waals surface area (Å²) in [7, 11) is 0. The van der Waals surface area contributed by atoms with Crippen molar-refractivity contribution in [3.05, 3.63) is 12.2 Å². The second-order valence-corrected chi connectivity index (χ2v) is 6.75. The van der Waals surface area contributed by atoms with Crippen molar-refractivity contribution < 1.29 is 0 Å². The lowest BCUT2D eigenvalue weighted by atomic mass is 10.0. The van der Waals surface area contributed by atoms with Gasteiger partial charge in [0.2, 0.25) is 0 Å². The van der Waals surface area contributed by atoms with E-state index in [1.54, 1.807) is 0 Å². The number of allylic oxidation sites excluding steroid dienone is 1. The molecule has 23 heavy (non-hydrogen) atoms. The van der Waals surface area contributed by atoms with E-state index in [1.165, 1.54) is 89.3 Å². The SMILES string of the molecule is NCCCCCCCCCCCCCCC=CCC1=NCCN1. The first-order valence-corrected chi connectivity index (χ1v) is 10.1. The predicted octanol–water partition coefficient (Wildman–Crippen LogP) is 4.96. The summed E-state index contributed by atoms with van der Waals surface area (Å²) >= 11 is 0. The summed E-state index contributed by atoms with van der Waals surface area (Å²) in [4.78, 5) is 4.39. The van der Waals surface area contributed by atoms with E-state index in [0.29, 0.717) is 0 Å². The molecule has 0 aromatic carbocycles. The number of rotatable bonds is 16. The Morgan fingerprint density at radius 3 is 1.87 bits per heavy atom. The first kappa shape index (κ1) is 20.2. The lowest BCUT2D eigenvalue weighted by molar-refractivity contribution is 0.542. The standard InChI is InChI=1S/C20H39N3/c21-17-15-13-11-9-7-5-3-1-2-4-6-8-10-12-14-16-20-22-18-19-23-20/h12,14H,1-11,13,15-19,21H2,(H,22,23). The number of unbranched alkanes of at least 4 members (excludes halogenated alkanes) is 12. The minimum Gasteiger partial charge on any atom is -0.372 e. The topological polar surface area (TPSA) is 50.4 Å². The van der Waals surface area contributed by atoms with Gasteiger partial charge in [-0.1, -0.05) is 76.4 Å². The zero-order chi connectivity index (χ0) is 16.4. The Balaban J connectivity index is 1.70. The Morgan fingerprint density at radius 1 is 0.783 bits per heavy atom. The third kappa shape index (κ3) is 13.3. The predicted molar refractivity (Wildman–Crippen MR) is 103 cm³/mol. The highest BCUT2D eigenvalue weighted by atomic mass is 15.1. The summed E-state index contributed by atoms with van der Waals surface area (Å²) in [6, 6.07) is 0. The molecule has 0 saturated carbocycles. The number of nitrogens with two attached hydrogens (primary N) is 1. The molecule has 1 aliphatic heterocycles. The molecule has 0 spiro atoms. The summed E-state index contributed by atoms with van der Waals surface area (Å²) < 4.78 is 0. The van der Waals surface area contributed by atoms with Crippen LogP contribution in [-0.2, 0) is 0 Å². The van der Waals surface area contributed by atoms with Crippen molar-refractivity contribution in [1.82, 2.24) is 5.32 Å². The summed E-state index contributed by atoms with van der Waals surface area (Å²) in [5, 5.41) is 3.30. The van der Waals surface area contributed by atoms with E-state index in [0.717, 1.165) is 26.1 Å². The van der Waals surface area contributed by atoms with Gasteiger partial charge in [0.1, 0.15) is 5.84 Å². The second-order valence-electron chi connectivity index (χ2n) is 6.75. The third-order valence-electron chi connectivity index (χ3n) is 4.55. The van der Waals surface area contributed by atoms with Gasteiger partial charge in [0.05, 0.1) is 6.54 Å². The molecule has 0 aromatic rings. The molecule has 0 radical (unpaired) electrons. The number of nitrogens with zero attached hydrogens (tertiary/aromatic N) is 1. The molecule has 0 aliphatic carbocycles. The van der Waals surface area contributed by atoms with Gasteiger partial charge >= 0.3 is 0 Å². The lowest BCUT2D eigenvalue weighted by Gasteiger charge is -2.02. The molecule has 0 bridgehead atoms. The first-order valence-electron chi connectivity index (χ1n) is 10.1. The second kappa shape index (κ2) is 16.0. The Bertz CT molecular complexity index is 310. The molecule has 0 saturated heterocycles. The summed E-state index contributed by atoms with van der Waals surface area (Å²) in [6.07, 6.45) is 23.5. The normalized spacial score (nSPS) is 14.4. The first-order chi connectivity index (χ1) is 11.4. The highest BCUT2D eigenvalue weighted by molar-refractivity contribution is 5.84. The van der Waals surface area contributed by atoms with E-state index in [9.17, 15) is 0 Å². The quantitative estimate of drug-likeness (QED) is 0.312. The smallest absolute Gasteiger partial charge is 0.100 e. The summed E-state index contributed by atoms with van der Waals surface area (Å²) in [5.74, 6) is 1.17. The van der Waals surface area contributed by atoms with Crippen molar-refractivity contribution in [2.75, 3.05) is 19.6 Å². The van der Waals surface area contributed by atoms with Crippen LogP contribution in [0.3, 0.4) is 0 Å². The van der Waals surface area contributed by atoms with Gasteiger partial charge in [-0.3, -0.25) is 4.99 Å². The highest BCUT2D eigenvalue weighted by Gasteiger charge is 2.00. The van der Waals surface area contributed by atoms with Crippen LogP contribution in [0.15, 0.2) is 17.1 Å². The van der Waals surface area contributed by atoms with Gasteiger partial charge in [-0.15, -0.1) is 0 Å². The molecule has 1 heterocycles. The molecule has 1 aliphatic rings. The van der Waals surface area contributed by atoms with Gasteiger partial charge in [0.15, 0.2) is 0 Å². The Morgan fingerprint density at radius 2 is 1.35 bits per heavy atom. The minimum atomic E-state index is 0.863. The van der Waals surface area contributed by atoms with E-state index >= 15 is 0 Å². The van der Waals surface area contributed by atoms with E-state index < -0.39 is 0 Å². The van der Waals surface area contributed by atoms with E-state index in [4.69, 9.17) is 5.73 Å². The number of nitrogens with one attached hydrogen (secondary N) is 1. The van der Waals surface area contributed by atoms with Crippen molar-refractivity contribution in [3.63, 3.8) is 0 Å². The van der Waals surface area contributed by atoms with Gasteiger partial charge in [0, 0.05) is 13.0 Å². The average molecular weight is 322 g/mol. The monoisotopic (exact) mass is 321 g/mol. The van der Waals surface area contributed by atoms with Crippen LogP contribution in [0, 0.1) is 0 Å². The number of hydrogen-bond acceptors (Lipinski definition) is 3. The van der Waals surface area contributed by atoms with Gasteiger partial charge < -0.3 is 11.1 Å². The molecule has 1 rings (SSSR count). The van der Waals surface area contributed by atoms with Gasteiger partial charge in [-0.05, 0) is 25.8 Å². The molecule has 0 aromatic heterocycles. The summed E-state index contributed by atoms with van der Waals surface area (Å²) in [6.45, 7) is 2.84. The fourth-order valence-electron chi connectivity index (χ4n) is 3.07. The fraction of sp³-hybridized carbons (Fsp3) is 0.850. The molecular formula is C20H39N3. The zero-order valence-electron chi connectivity index (χ0n) is 15.2. The van der Waals surface area contributed by atoms with Gasteiger partial charge in [0.25, 0.3) is 0 Å². The van der Waals surface area contributed by atoms with Crippen LogP contribution in [-0.4, -0.2) is 25.5 Å². The van der Waals surface area contributed by atoms with Crippen LogP contribution in [0.4, 0.5) is 0 Å². The number of amidine groups is 1. The Hall–Kier alpha value is -0.830. The van der Waals surface area contributed by atoms with E-state index in [2.05, 4.69) is 22.5 Å². The molecule has 3 nitrogen and oxygen atoms in total. The highest BCUT2D eigenvalue weighted by Crippen LogP contribution is 2.12. The van der Waals surface area contributed by atoms with Crippen LogP contribution >= 0.6 is 0 Å². The third-order valence-corrected chi connectivity index (χ3v) is 4.55. The largest absolute Gasteiger partial charge is 0.372 e. The van der Waals surface area contributed by atoms with Crippen molar-refractivity contribution in [1.29, 1.82) is 0 Å². The minimum absolute atomic E-state index is 0.863. The van der Waals surface area contributed by atoms with Crippen molar-refractivity contribution in [2.45, 2.75) is 89.9 Å². The Kier molecular flexibility index (Phi) is 14.1. The van der Waals surface area contributed by atoms with Crippen molar-refractivity contribution >= 4 is 5.84 Å². The molecule has 0 fully saturated rings. The van der Waals surface area contributed by atoms with Gasteiger partial charge in [-0.2, -0.15) is 0 Å². The van der Waals surface area contributed by atoms with E-state index in [-0.39, 0.29) is 0 Å². The van der Waals surface area contributed by atoms with Crippen LogP contribution in [0.1, 0.15) is 89.9 Å². The fourth-order valence-corrected chi connectivity index (χ4v) is 3.07. The molecule has 3 heteroatoms. The van der Waals surface area contributed by atoms with Crippen molar-refractivity contribution in [2.24, 2.45) is 10.7 Å². The molecule has 3 N–H and O–H groups in total.